The van der Waals surface area contributed by atoms with Crippen LogP contribution >= 0.6 is 7.44 Å². The van der Waals surface area contributed by atoms with Gasteiger partial charge in [-0.25, -0.2) is 25.1 Å². The molecule has 0 spiro atoms. The summed E-state index contributed by atoms with van der Waals surface area (Å²) in [4.78, 5) is 36.5. The average molecular weight is 512 g/mol. The van der Waals surface area contributed by atoms with Crippen molar-refractivity contribution in [2.75, 3.05) is 12.1 Å². The van der Waals surface area contributed by atoms with Crippen molar-refractivity contribution in [2.45, 2.75) is 83.7 Å². The summed E-state index contributed by atoms with van der Waals surface area (Å²) in [5.74, 6) is -1.48. The molecule has 0 aromatic carbocycles. The topological polar surface area (TPSA) is 184 Å². The van der Waals surface area contributed by atoms with Crippen LogP contribution in [0.2, 0.25) is 0 Å². The van der Waals surface area contributed by atoms with Crippen LogP contribution < -0.4 is 15.9 Å². The number of carbonyl (C=O) groups excluding carboxylic acids is 1. The predicted octanol–water partition coefficient (Wildman–Crippen LogP) is 1.88. The summed E-state index contributed by atoms with van der Waals surface area (Å²) in [5, 5.41) is 14.9. The summed E-state index contributed by atoms with van der Waals surface area (Å²) in [6.07, 6.45) is 5.54. The van der Waals surface area contributed by atoms with E-state index in [0.717, 1.165) is 25.7 Å². The van der Waals surface area contributed by atoms with Crippen LogP contribution in [0.15, 0.2) is 12.7 Å². The number of imidazole rings is 1. The van der Waals surface area contributed by atoms with Gasteiger partial charge in [0, 0.05) is 0 Å². The van der Waals surface area contributed by atoms with E-state index in [2.05, 4.69) is 25.1 Å². The lowest BCUT2D eigenvalue weighted by Crippen LogP contribution is -2.49. The van der Waals surface area contributed by atoms with E-state index in [1.807, 2.05) is 0 Å². The Morgan fingerprint density at radius 1 is 1.29 bits per heavy atom. The largest absolute Gasteiger partial charge is 0.480 e. The predicted molar refractivity (Wildman–Crippen MR) is 129 cm³/mol. The molecule has 2 heterocycles. The molecule has 35 heavy (non-hydrogen) atoms. The van der Waals surface area contributed by atoms with E-state index in [9.17, 15) is 19.3 Å². The molecule has 3 rings (SSSR count). The Hall–Kier alpha value is -2.60. The SMILES string of the molecule is CC(Cn1cnc2c(N)ncnc21)OCP(=O)(NC(C)C(=O)OC1CCCC1)NC(C)(C)C(=O)O. The lowest BCUT2D eigenvalue weighted by molar-refractivity contribution is -0.150. The molecule has 3 unspecified atom stereocenters. The molecule has 14 heteroatoms. The lowest BCUT2D eigenvalue weighted by atomic mass is 10.1. The van der Waals surface area contributed by atoms with Gasteiger partial charge in [0.25, 0.3) is 0 Å². The summed E-state index contributed by atoms with van der Waals surface area (Å²) in [5.41, 5.74) is 5.28. The van der Waals surface area contributed by atoms with Crippen molar-refractivity contribution in [3.05, 3.63) is 12.7 Å². The van der Waals surface area contributed by atoms with Gasteiger partial charge in [0.15, 0.2) is 11.5 Å². The molecule has 194 valence electrons. The van der Waals surface area contributed by atoms with Crippen LogP contribution in [0.4, 0.5) is 5.82 Å². The Morgan fingerprint density at radius 3 is 2.63 bits per heavy atom. The average Bonchev–Trinajstić information content (AvgIpc) is 3.43. The molecule has 2 aromatic rings. The van der Waals surface area contributed by atoms with Crippen molar-refractivity contribution >= 4 is 36.4 Å². The number of fused-ring (bicyclic) bond motifs is 1. The fraction of sp³-hybridized carbons (Fsp3) is 0.667. The van der Waals surface area contributed by atoms with Gasteiger partial charge in [0.05, 0.1) is 19.0 Å². The van der Waals surface area contributed by atoms with Gasteiger partial charge in [0.1, 0.15) is 35.9 Å². The summed E-state index contributed by atoms with van der Waals surface area (Å²) >= 11 is 0. The molecule has 3 atom stereocenters. The zero-order valence-corrected chi connectivity index (χ0v) is 21.3. The third-order valence-corrected chi connectivity index (χ3v) is 8.00. The molecule has 13 nitrogen and oxygen atoms in total. The molecule has 0 amide bonds. The van der Waals surface area contributed by atoms with E-state index < -0.39 is 37.1 Å². The first-order chi connectivity index (χ1) is 16.4. The van der Waals surface area contributed by atoms with Crippen molar-refractivity contribution < 1.29 is 28.7 Å². The number of nitrogen functional groups attached to an aromatic ring is 1. The minimum atomic E-state index is -3.72. The van der Waals surface area contributed by atoms with E-state index in [4.69, 9.17) is 15.2 Å². The number of carboxylic acids is 1. The number of ether oxygens (including phenoxy) is 2. The number of esters is 1. The minimum Gasteiger partial charge on any atom is -0.480 e. The number of rotatable bonds is 12. The number of anilines is 1. The molecule has 0 radical (unpaired) electrons. The van der Waals surface area contributed by atoms with Gasteiger partial charge < -0.3 is 24.9 Å². The summed E-state index contributed by atoms with van der Waals surface area (Å²) < 4.78 is 26.8. The van der Waals surface area contributed by atoms with Crippen LogP contribution in [0.25, 0.3) is 11.2 Å². The highest BCUT2D eigenvalue weighted by Gasteiger charge is 2.38. The van der Waals surface area contributed by atoms with Crippen LogP contribution in [0.5, 0.6) is 0 Å². The second-order valence-electron chi connectivity index (χ2n) is 9.41. The van der Waals surface area contributed by atoms with E-state index in [1.165, 1.54) is 27.1 Å². The molecule has 0 saturated heterocycles. The molecule has 1 aliphatic carbocycles. The summed E-state index contributed by atoms with van der Waals surface area (Å²) in [6, 6.07) is -0.935. The minimum absolute atomic E-state index is 0.145. The van der Waals surface area contributed by atoms with Gasteiger partial charge >= 0.3 is 11.9 Å². The molecule has 1 fully saturated rings. The maximum atomic E-state index is 13.8. The lowest BCUT2D eigenvalue weighted by Gasteiger charge is -2.31. The first-order valence-electron chi connectivity index (χ1n) is 11.5. The summed E-state index contributed by atoms with van der Waals surface area (Å²) in [7, 11) is -3.72. The van der Waals surface area contributed by atoms with Crippen molar-refractivity contribution in [2.24, 2.45) is 0 Å². The Labute approximate surface area is 203 Å². The maximum Gasteiger partial charge on any atom is 0.323 e. The molecular weight excluding hydrogens is 477 g/mol. The van der Waals surface area contributed by atoms with Crippen LogP contribution in [-0.4, -0.2) is 66.7 Å². The second kappa shape index (κ2) is 11.0. The number of nitrogens with two attached hydrogens (primary N) is 1. The molecule has 1 saturated carbocycles. The van der Waals surface area contributed by atoms with Gasteiger partial charge in [-0.05, 0) is 53.4 Å². The van der Waals surface area contributed by atoms with Gasteiger partial charge in [-0.1, -0.05) is 0 Å². The Balaban J connectivity index is 1.68. The molecule has 5 N–H and O–H groups in total. The van der Waals surface area contributed by atoms with Crippen molar-refractivity contribution in [3.8, 4) is 0 Å². The molecule has 1 aliphatic rings. The molecule has 2 aromatic heterocycles. The number of nitrogens with one attached hydrogen (secondary N) is 2. The molecular formula is C21H34N7O6P. The standard InChI is InChI=1S/C21H34N7O6P/c1-13(9-28-11-25-16-17(22)23-10-24-18(16)28)33-12-35(32,27-21(3,4)20(30)31)26-14(2)19(29)34-15-7-5-6-8-15/h10-11,13-15H,5-9,12H2,1-4H3,(H,30,31)(H2,22,23,24)(H2,26,27,32). The molecule has 0 aliphatic heterocycles. The second-order valence-corrected chi connectivity index (χ2v) is 11.6. The van der Waals surface area contributed by atoms with Crippen molar-refractivity contribution in [1.82, 2.24) is 29.7 Å². The fourth-order valence-electron chi connectivity index (χ4n) is 3.83. The fourth-order valence-corrected chi connectivity index (χ4v) is 6.23. The first kappa shape index (κ1) is 27.0. The Morgan fingerprint density at radius 2 is 1.97 bits per heavy atom. The Bertz CT molecular complexity index is 1100. The van der Waals surface area contributed by atoms with Gasteiger partial charge in [0.2, 0.25) is 7.44 Å². The first-order valence-corrected chi connectivity index (χ1v) is 13.4. The number of aromatic nitrogens is 4. The number of carboxylic acid groups (broad SMARTS) is 1. The van der Waals surface area contributed by atoms with E-state index in [-0.39, 0.29) is 18.3 Å². The highest BCUT2D eigenvalue weighted by atomic mass is 31.2. The smallest absolute Gasteiger partial charge is 0.323 e. The highest BCUT2D eigenvalue weighted by molar-refractivity contribution is 7.59. The number of carbonyl (C=O) groups is 2. The van der Waals surface area contributed by atoms with Crippen molar-refractivity contribution in [3.63, 3.8) is 0 Å². The third-order valence-electron chi connectivity index (χ3n) is 5.76. The number of nitrogens with zero attached hydrogens (tertiary/aromatic N) is 4. The van der Waals surface area contributed by atoms with E-state index in [0.29, 0.717) is 17.7 Å². The third kappa shape index (κ3) is 6.97. The number of hydrogen-bond acceptors (Lipinski definition) is 9. The van der Waals surface area contributed by atoms with Crippen molar-refractivity contribution in [1.29, 1.82) is 0 Å². The zero-order chi connectivity index (χ0) is 25.8. The van der Waals surface area contributed by atoms with Crippen LogP contribution in [0.1, 0.15) is 53.4 Å². The Kier molecular flexibility index (Phi) is 8.47. The normalized spacial score (nSPS) is 18.3. The van der Waals surface area contributed by atoms with Gasteiger partial charge in [-0.15, -0.1) is 0 Å². The maximum absolute atomic E-state index is 13.8. The van der Waals surface area contributed by atoms with E-state index in [1.54, 1.807) is 17.8 Å². The quantitative estimate of drug-likeness (QED) is 0.240. The van der Waals surface area contributed by atoms with Gasteiger partial charge in [-0.3, -0.25) is 14.2 Å². The number of aliphatic carboxylic acids is 1. The van der Waals surface area contributed by atoms with Crippen LogP contribution in [-0.2, 0) is 30.2 Å². The monoisotopic (exact) mass is 511 g/mol. The van der Waals surface area contributed by atoms with Gasteiger partial charge in [-0.2, -0.15) is 0 Å². The summed E-state index contributed by atoms with van der Waals surface area (Å²) in [6.45, 7) is 6.38. The highest BCUT2D eigenvalue weighted by Crippen LogP contribution is 2.40. The molecule has 0 bridgehead atoms. The van der Waals surface area contributed by atoms with Crippen LogP contribution in [0.3, 0.4) is 0 Å². The zero-order valence-electron chi connectivity index (χ0n) is 20.4. The van der Waals surface area contributed by atoms with Crippen LogP contribution in [0, 0.1) is 0 Å². The number of hydrogen-bond donors (Lipinski definition) is 4. The van der Waals surface area contributed by atoms with E-state index >= 15 is 0 Å².